The fourth-order valence-corrected chi connectivity index (χ4v) is 3.41. The third kappa shape index (κ3) is 3.56. The summed E-state index contributed by atoms with van der Waals surface area (Å²) in [5.41, 5.74) is 1.20. The molecule has 2 atom stereocenters. The molecule has 8 heteroatoms. The second-order valence-electron chi connectivity index (χ2n) is 5.25. The van der Waals surface area contributed by atoms with Gasteiger partial charge in [-0.2, -0.15) is 16.7 Å². The Morgan fingerprint density at radius 3 is 2.91 bits per heavy atom. The van der Waals surface area contributed by atoms with Gasteiger partial charge in [0.05, 0.1) is 11.9 Å². The van der Waals surface area contributed by atoms with Crippen LogP contribution in [-0.2, 0) is 0 Å². The first-order chi connectivity index (χ1) is 10.6. The molecule has 7 nitrogen and oxygen atoms in total. The molecule has 2 amide bonds. The topological polar surface area (TPSA) is 92.9 Å². The third-order valence-corrected chi connectivity index (χ3v) is 4.66. The van der Waals surface area contributed by atoms with Crippen molar-refractivity contribution in [2.75, 3.05) is 11.1 Å². The van der Waals surface area contributed by atoms with Gasteiger partial charge in [0.2, 0.25) is 0 Å². The van der Waals surface area contributed by atoms with Crippen molar-refractivity contribution < 1.29 is 9.32 Å². The van der Waals surface area contributed by atoms with Crippen LogP contribution in [0.25, 0.3) is 11.6 Å². The molecule has 116 valence electrons. The van der Waals surface area contributed by atoms with Crippen LogP contribution in [0, 0.1) is 6.92 Å². The Kier molecular flexibility index (Phi) is 4.28. The zero-order valence-corrected chi connectivity index (χ0v) is 13.2. The molecule has 0 radical (unpaired) electrons. The van der Waals surface area contributed by atoms with E-state index >= 15 is 0 Å². The highest BCUT2D eigenvalue weighted by Gasteiger charge is 2.23. The van der Waals surface area contributed by atoms with Crippen molar-refractivity contribution in [3.05, 3.63) is 24.2 Å². The van der Waals surface area contributed by atoms with E-state index in [9.17, 15) is 4.79 Å². The molecule has 3 heterocycles. The van der Waals surface area contributed by atoms with Crippen LogP contribution in [0.1, 0.15) is 19.2 Å². The lowest BCUT2D eigenvalue weighted by atomic mass is 10.2. The number of nitrogens with zero attached hydrogens (tertiary/aromatic N) is 3. The van der Waals surface area contributed by atoms with Crippen LogP contribution in [0.15, 0.2) is 22.9 Å². The summed E-state index contributed by atoms with van der Waals surface area (Å²) in [5.74, 6) is 1.88. The van der Waals surface area contributed by atoms with Crippen LogP contribution in [0.2, 0.25) is 0 Å². The highest BCUT2D eigenvalue weighted by atomic mass is 32.2. The van der Waals surface area contributed by atoms with Crippen molar-refractivity contribution in [2.45, 2.75) is 31.6 Å². The molecule has 2 unspecified atom stereocenters. The number of aromatic nitrogens is 3. The van der Waals surface area contributed by atoms with Crippen LogP contribution in [0.4, 0.5) is 10.5 Å². The molecule has 3 rings (SSSR count). The lowest BCUT2D eigenvalue weighted by Gasteiger charge is -2.12. The van der Waals surface area contributed by atoms with E-state index in [-0.39, 0.29) is 12.1 Å². The standard InChI is InChI=1S/C14H17N5O2S/c1-8-5-11(7-22-8)18-14(20)17-10-3-4-12(15-6-10)13-16-9(2)19-21-13/h3-4,6,8,11H,5,7H2,1-2H3,(H2,17,18,20). The average molecular weight is 319 g/mol. The Morgan fingerprint density at radius 2 is 2.32 bits per heavy atom. The van der Waals surface area contributed by atoms with E-state index in [0.29, 0.717) is 28.3 Å². The van der Waals surface area contributed by atoms with Gasteiger partial charge in [0.15, 0.2) is 5.82 Å². The predicted octanol–water partition coefficient (Wildman–Crippen LogP) is 2.46. The van der Waals surface area contributed by atoms with Gasteiger partial charge < -0.3 is 15.2 Å². The number of hydrogen-bond donors (Lipinski definition) is 2. The second kappa shape index (κ2) is 6.35. The van der Waals surface area contributed by atoms with Crippen molar-refractivity contribution in [3.63, 3.8) is 0 Å². The van der Waals surface area contributed by atoms with Crippen molar-refractivity contribution in [3.8, 4) is 11.6 Å². The van der Waals surface area contributed by atoms with E-state index in [1.54, 1.807) is 25.3 Å². The van der Waals surface area contributed by atoms with Crippen molar-refractivity contribution in [2.24, 2.45) is 0 Å². The molecule has 1 aliphatic heterocycles. The van der Waals surface area contributed by atoms with Gasteiger partial charge in [0.25, 0.3) is 5.89 Å². The molecule has 1 saturated heterocycles. The van der Waals surface area contributed by atoms with Crippen molar-refractivity contribution >= 4 is 23.5 Å². The normalized spacial score (nSPS) is 20.8. The molecule has 2 aromatic rings. The largest absolute Gasteiger partial charge is 0.334 e. The van der Waals surface area contributed by atoms with Crippen LogP contribution in [-0.4, -0.2) is 38.2 Å². The van der Waals surface area contributed by atoms with Gasteiger partial charge in [-0.05, 0) is 25.5 Å². The molecule has 0 aliphatic carbocycles. The van der Waals surface area contributed by atoms with Gasteiger partial charge in [0.1, 0.15) is 5.69 Å². The zero-order valence-electron chi connectivity index (χ0n) is 12.4. The SMILES string of the molecule is Cc1noc(-c2ccc(NC(=O)NC3CSC(C)C3)cn2)n1. The summed E-state index contributed by atoms with van der Waals surface area (Å²) in [5, 5.41) is 10.1. The van der Waals surface area contributed by atoms with Crippen LogP contribution >= 0.6 is 11.8 Å². The van der Waals surface area contributed by atoms with Crippen LogP contribution in [0.5, 0.6) is 0 Å². The number of urea groups is 1. The molecule has 2 N–H and O–H groups in total. The summed E-state index contributed by atoms with van der Waals surface area (Å²) in [6, 6.07) is 3.51. The van der Waals surface area contributed by atoms with Gasteiger partial charge >= 0.3 is 6.03 Å². The van der Waals surface area contributed by atoms with E-state index in [1.807, 2.05) is 11.8 Å². The summed E-state index contributed by atoms with van der Waals surface area (Å²) in [6.45, 7) is 3.92. The maximum absolute atomic E-state index is 11.9. The Morgan fingerprint density at radius 1 is 1.45 bits per heavy atom. The Hall–Kier alpha value is -2.09. The number of carbonyl (C=O) groups is 1. The van der Waals surface area contributed by atoms with E-state index in [0.717, 1.165) is 12.2 Å². The summed E-state index contributed by atoms with van der Waals surface area (Å²) in [4.78, 5) is 20.3. The minimum atomic E-state index is -0.206. The predicted molar refractivity (Wildman–Crippen MR) is 84.7 cm³/mol. The monoisotopic (exact) mass is 319 g/mol. The van der Waals surface area contributed by atoms with E-state index in [2.05, 4.69) is 32.7 Å². The minimum absolute atomic E-state index is 0.206. The van der Waals surface area contributed by atoms with E-state index in [1.165, 1.54) is 0 Å². The number of pyridine rings is 1. The molecule has 1 aliphatic rings. The first-order valence-electron chi connectivity index (χ1n) is 7.06. The summed E-state index contributed by atoms with van der Waals surface area (Å²) in [6.07, 6.45) is 2.58. The molecule has 0 saturated carbocycles. The number of nitrogens with one attached hydrogen (secondary N) is 2. The quantitative estimate of drug-likeness (QED) is 0.902. The van der Waals surface area contributed by atoms with Gasteiger partial charge in [-0.15, -0.1) is 0 Å². The van der Waals surface area contributed by atoms with Crippen LogP contribution in [0.3, 0.4) is 0 Å². The highest BCUT2D eigenvalue weighted by molar-refractivity contribution is 8.00. The maximum atomic E-state index is 11.9. The van der Waals surface area contributed by atoms with Gasteiger partial charge in [-0.1, -0.05) is 12.1 Å². The lowest BCUT2D eigenvalue weighted by Crippen LogP contribution is -2.38. The highest BCUT2D eigenvalue weighted by Crippen LogP contribution is 2.25. The minimum Gasteiger partial charge on any atom is -0.334 e. The number of anilines is 1. The maximum Gasteiger partial charge on any atom is 0.319 e. The van der Waals surface area contributed by atoms with Gasteiger partial charge in [0, 0.05) is 17.0 Å². The molecule has 0 bridgehead atoms. The molecule has 2 aromatic heterocycles. The van der Waals surface area contributed by atoms with Crippen molar-refractivity contribution in [1.29, 1.82) is 0 Å². The van der Waals surface area contributed by atoms with Gasteiger partial charge in [-0.3, -0.25) is 0 Å². The number of rotatable bonds is 3. The molecule has 22 heavy (non-hydrogen) atoms. The number of aryl methyl sites for hydroxylation is 1. The summed E-state index contributed by atoms with van der Waals surface area (Å²) >= 11 is 1.88. The third-order valence-electron chi connectivity index (χ3n) is 3.30. The smallest absolute Gasteiger partial charge is 0.319 e. The fraction of sp³-hybridized carbons (Fsp3) is 0.429. The number of carbonyl (C=O) groups excluding carboxylic acids is 1. The second-order valence-corrected chi connectivity index (χ2v) is 6.73. The first-order valence-corrected chi connectivity index (χ1v) is 8.11. The molecule has 0 aromatic carbocycles. The molecular formula is C14H17N5O2S. The number of amides is 2. The Balaban J connectivity index is 1.57. The number of hydrogen-bond acceptors (Lipinski definition) is 6. The zero-order chi connectivity index (χ0) is 15.5. The molecular weight excluding hydrogens is 302 g/mol. The molecule has 0 spiro atoms. The van der Waals surface area contributed by atoms with E-state index in [4.69, 9.17) is 4.52 Å². The van der Waals surface area contributed by atoms with E-state index < -0.39 is 0 Å². The first kappa shape index (κ1) is 14.8. The summed E-state index contributed by atoms with van der Waals surface area (Å²) < 4.78 is 5.04. The van der Waals surface area contributed by atoms with Gasteiger partial charge in [-0.25, -0.2) is 9.78 Å². The molecule has 1 fully saturated rings. The average Bonchev–Trinajstić information content (AvgIpc) is 3.08. The summed E-state index contributed by atoms with van der Waals surface area (Å²) in [7, 11) is 0. The van der Waals surface area contributed by atoms with Crippen LogP contribution < -0.4 is 10.6 Å². The number of thioether (sulfide) groups is 1. The fourth-order valence-electron chi connectivity index (χ4n) is 2.27. The lowest BCUT2D eigenvalue weighted by molar-refractivity contribution is 0.249. The Bertz CT molecular complexity index is 658. The van der Waals surface area contributed by atoms with Crippen molar-refractivity contribution in [1.82, 2.24) is 20.4 Å². The Labute approximate surface area is 132 Å².